The average Bonchev–Trinajstić information content (AvgIpc) is 2.39. The molecule has 0 spiro atoms. The largest absolute Gasteiger partial charge is 0.481 e. The van der Waals surface area contributed by atoms with Crippen LogP contribution in [0, 0.1) is 0 Å². The molecule has 0 heterocycles. The molecule has 1 aromatic rings. The molecule has 0 aliphatic rings. The van der Waals surface area contributed by atoms with Crippen LogP contribution in [0.1, 0.15) is 18.9 Å². The molecule has 1 aromatic carbocycles. The van der Waals surface area contributed by atoms with Crippen molar-refractivity contribution in [3.63, 3.8) is 0 Å². The van der Waals surface area contributed by atoms with Crippen molar-refractivity contribution in [2.24, 2.45) is 0 Å². The molecule has 0 aliphatic heterocycles. The second-order valence-electron chi connectivity index (χ2n) is 4.72. The fraction of sp³-hybridized carbons (Fsp3) is 0.429. The number of benzene rings is 1. The molecule has 19 heavy (non-hydrogen) atoms. The van der Waals surface area contributed by atoms with E-state index in [2.05, 4.69) is 0 Å². The predicted molar refractivity (Wildman–Crippen MR) is 70.8 cm³/mol. The van der Waals surface area contributed by atoms with Gasteiger partial charge in [0.15, 0.2) is 0 Å². The van der Waals surface area contributed by atoms with Gasteiger partial charge in [0.2, 0.25) is 5.91 Å². The van der Waals surface area contributed by atoms with Gasteiger partial charge in [0.1, 0.15) is 0 Å². The molecule has 0 fully saturated rings. The number of rotatable bonds is 6. The first-order valence-corrected chi connectivity index (χ1v) is 6.05. The van der Waals surface area contributed by atoms with Gasteiger partial charge in [-0.25, -0.2) is 0 Å². The first-order chi connectivity index (χ1) is 8.91. The molecule has 2 N–H and O–H groups in total. The van der Waals surface area contributed by atoms with E-state index in [1.165, 1.54) is 11.8 Å². The Labute approximate surface area is 112 Å². The van der Waals surface area contributed by atoms with Crippen LogP contribution in [0.5, 0.6) is 0 Å². The lowest BCUT2D eigenvalue weighted by Crippen LogP contribution is -2.40. The lowest BCUT2D eigenvalue weighted by atomic mass is 9.79. The first kappa shape index (κ1) is 15.2. The third-order valence-corrected chi connectivity index (χ3v) is 3.25. The van der Waals surface area contributed by atoms with Crippen molar-refractivity contribution in [3.8, 4) is 0 Å². The summed E-state index contributed by atoms with van der Waals surface area (Å²) in [5.74, 6) is -1.34. The Morgan fingerprint density at radius 1 is 1.26 bits per heavy atom. The first-order valence-electron chi connectivity index (χ1n) is 6.05. The molecule has 0 bridgehead atoms. The topological polar surface area (TPSA) is 77.8 Å². The number of aliphatic hydroxyl groups excluding tert-OH is 1. The van der Waals surface area contributed by atoms with Crippen LogP contribution in [-0.2, 0) is 15.0 Å². The van der Waals surface area contributed by atoms with Crippen LogP contribution in [0.4, 0.5) is 0 Å². The third kappa shape index (κ3) is 3.54. The van der Waals surface area contributed by atoms with Gasteiger partial charge in [0, 0.05) is 20.0 Å². The molecule has 1 unspecified atom stereocenters. The van der Waals surface area contributed by atoms with Crippen LogP contribution >= 0.6 is 0 Å². The Kier molecular flexibility index (Phi) is 5.06. The van der Waals surface area contributed by atoms with E-state index >= 15 is 0 Å². The third-order valence-electron chi connectivity index (χ3n) is 3.25. The molecule has 5 nitrogen and oxygen atoms in total. The van der Waals surface area contributed by atoms with E-state index in [4.69, 9.17) is 5.11 Å². The lowest BCUT2D eigenvalue weighted by molar-refractivity contribution is -0.147. The van der Waals surface area contributed by atoms with E-state index in [1.807, 2.05) is 0 Å². The molecule has 0 radical (unpaired) electrons. The highest BCUT2D eigenvalue weighted by atomic mass is 16.4. The highest BCUT2D eigenvalue weighted by Crippen LogP contribution is 2.28. The number of carbonyl (C=O) groups excluding carboxylic acids is 1. The van der Waals surface area contributed by atoms with E-state index in [-0.39, 0.29) is 25.5 Å². The van der Waals surface area contributed by atoms with Gasteiger partial charge in [0.25, 0.3) is 0 Å². The van der Waals surface area contributed by atoms with Gasteiger partial charge >= 0.3 is 5.97 Å². The number of aliphatic hydroxyl groups is 1. The van der Waals surface area contributed by atoms with Gasteiger partial charge in [0.05, 0.1) is 12.0 Å². The summed E-state index contributed by atoms with van der Waals surface area (Å²) in [4.78, 5) is 24.8. The number of aliphatic carboxylic acids is 1. The van der Waals surface area contributed by atoms with E-state index in [0.717, 1.165) is 0 Å². The number of hydrogen-bond donors (Lipinski definition) is 2. The number of hydrogen-bond acceptors (Lipinski definition) is 3. The molecule has 0 saturated carbocycles. The number of carboxylic acid groups (broad SMARTS) is 1. The van der Waals surface area contributed by atoms with Gasteiger partial charge in [-0.05, 0) is 12.5 Å². The minimum absolute atomic E-state index is 0.136. The van der Waals surface area contributed by atoms with E-state index in [9.17, 15) is 14.7 Å². The standard InChI is InChI=1S/C14H19NO4/c1-14(13(18)19,11-6-4-3-5-7-11)10-12(17)15(2)8-9-16/h3-7,16H,8-10H2,1-2H3,(H,18,19). The minimum Gasteiger partial charge on any atom is -0.481 e. The molecular weight excluding hydrogens is 246 g/mol. The van der Waals surface area contributed by atoms with Crippen molar-refractivity contribution < 1.29 is 19.8 Å². The average molecular weight is 265 g/mol. The molecular formula is C14H19NO4. The van der Waals surface area contributed by atoms with E-state index < -0.39 is 11.4 Å². The van der Waals surface area contributed by atoms with Gasteiger partial charge in [-0.15, -0.1) is 0 Å². The summed E-state index contributed by atoms with van der Waals surface area (Å²) < 4.78 is 0. The minimum atomic E-state index is -1.26. The van der Waals surface area contributed by atoms with Crippen molar-refractivity contribution in [1.82, 2.24) is 4.90 Å². The smallest absolute Gasteiger partial charge is 0.314 e. The summed E-state index contributed by atoms with van der Waals surface area (Å²) in [5, 5.41) is 18.2. The zero-order valence-electron chi connectivity index (χ0n) is 11.2. The quantitative estimate of drug-likeness (QED) is 0.800. The molecule has 0 aromatic heterocycles. The molecule has 5 heteroatoms. The van der Waals surface area contributed by atoms with Crippen molar-refractivity contribution in [2.75, 3.05) is 20.2 Å². The van der Waals surface area contributed by atoms with Crippen LogP contribution in [0.2, 0.25) is 0 Å². The summed E-state index contributed by atoms with van der Waals surface area (Å²) in [6, 6.07) is 8.70. The number of likely N-dealkylation sites (N-methyl/N-ethyl adjacent to an activating group) is 1. The zero-order chi connectivity index (χ0) is 14.5. The van der Waals surface area contributed by atoms with E-state index in [1.54, 1.807) is 37.4 Å². The molecule has 0 saturated heterocycles. The Morgan fingerprint density at radius 2 is 1.84 bits per heavy atom. The zero-order valence-corrected chi connectivity index (χ0v) is 11.2. The monoisotopic (exact) mass is 265 g/mol. The SMILES string of the molecule is CN(CCO)C(=O)CC(C)(C(=O)O)c1ccccc1. The Hall–Kier alpha value is -1.88. The summed E-state index contributed by atoms with van der Waals surface area (Å²) in [5.41, 5.74) is -0.671. The van der Waals surface area contributed by atoms with E-state index in [0.29, 0.717) is 5.56 Å². The summed E-state index contributed by atoms with van der Waals surface area (Å²) in [6.45, 7) is 1.59. The van der Waals surface area contributed by atoms with Gasteiger partial charge in [-0.2, -0.15) is 0 Å². The molecule has 0 aliphatic carbocycles. The predicted octanol–water partition coefficient (Wildman–Crippen LogP) is 0.870. The number of nitrogens with zero attached hydrogens (tertiary/aromatic N) is 1. The molecule has 104 valence electrons. The Bertz CT molecular complexity index is 446. The van der Waals surface area contributed by atoms with Crippen LogP contribution in [0.3, 0.4) is 0 Å². The van der Waals surface area contributed by atoms with Crippen LogP contribution in [-0.4, -0.2) is 47.2 Å². The normalized spacial score (nSPS) is 13.6. The lowest BCUT2D eigenvalue weighted by Gasteiger charge is -2.27. The second kappa shape index (κ2) is 6.33. The maximum Gasteiger partial charge on any atom is 0.314 e. The maximum absolute atomic E-state index is 12.0. The molecule has 1 amide bonds. The maximum atomic E-state index is 12.0. The van der Waals surface area contributed by atoms with Crippen molar-refractivity contribution in [3.05, 3.63) is 35.9 Å². The van der Waals surface area contributed by atoms with Gasteiger partial charge < -0.3 is 15.1 Å². The molecule has 1 atom stereocenters. The highest BCUT2D eigenvalue weighted by Gasteiger charge is 2.38. The van der Waals surface area contributed by atoms with Crippen LogP contribution in [0.25, 0.3) is 0 Å². The molecule has 1 rings (SSSR count). The number of carboxylic acids is 1. The van der Waals surface area contributed by atoms with Gasteiger partial charge in [-0.3, -0.25) is 9.59 Å². The fourth-order valence-corrected chi connectivity index (χ4v) is 1.82. The van der Waals surface area contributed by atoms with Crippen molar-refractivity contribution in [1.29, 1.82) is 0 Å². The van der Waals surface area contributed by atoms with Crippen molar-refractivity contribution >= 4 is 11.9 Å². The summed E-state index contributed by atoms with van der Waals surface area (Å²) in [7, 11) is 1.55. The summed E-state index contributed by atoms with van der Waals surface area (Å²) in [6.07, 6.45) is -0.136. The van der Waals surface area contributed by atoms with Gasteiger partial charge in [-0.1, -0.05) is 30.3 Å². The Balaban J connectivity index is 2.96. The number of carbonyl (C=O) groups is 2. The second-order valence-corrected chi connectivity index (χ2v) is 4.72. The Morgan fingerprint density at radius 3 is 2.32 bits per heavy atom. The van der Waals surface area contributed by atoms with Crippen molar-refractivity contribution in [2.45, 2.75) is 18.8 Å². The highest BCUT2D eigenvalue weighted by molar-refractivity contribution is 5.89. The van der Waals surface area contributed by atoms with Crippen LogP contribution in [0.15, 0.2) is 30.3 Å². The fourth-order valence-electron chi connectivity index (χ4n) is 1.82. The van der Waals surface area contributed by atoms with Crippen LogP contribution < -0.4 is 0 Å². The number of amides is 1. The summed E-state index contributed by atoms with van der Waals surface area (Å²) >= 11 is 0.